The number of aromatic nitrogens is 6. The van der Waals surface area contributed by atoms with Gasteiger partial charge in [0.1, 0.15) is 21.5 Å². The summed E-state index contributed by atoms with van der Waals surface area (Å²) >= 11 is 7.61. The van der Waals surface area contributed by atoms with Gasteiger partial charge in [0.25, 0.3) is 5.56 Å². The summed E-state index contributed by atoms with van der Waals surface area (Å²) in [4.78, 5) is 22.2. The second-order valence-corrected chi connectivity index (χ2v) is 9.26. The van der Waals surface area contributed by atoms with Crippen LogP contribution in [0.4, 0.5) is 0 Å². The van der Waals surface area contributed by atoms with Gasteiger partial charge >= 0.3 is 0 Å². The summed E-state index contributed by atoms with van der Waals surface area (Å²) in [5, 5.41) is 16.7. The number of nitrogens with one attached hydrogen (secondary N) is 2. The molecule has 0 saturated heterocycles. The maximum Gasteiger partial charge on any atom is 0.291 e. The minimum absolute atomic E-state index is 0.142. The highest BCUT2D eigenvalue weighted by Gasteiger charge is 2.18. The van der Waals surface area contributed by atoms with Crippen LogP contribution >= 0.6 is 22.9 Å². The van der Waals surface area contributed by atoms with Crippen LogP contribution in [-0.2, 0) is 20.0 Å². The van der Waals surface area contributed by atoms with E-state index < -0.39 is 0 Å². The van der Waals surface area contributed by atoms with E-state index in [1.165, 1.54) is 4.68 Å². The summed E-state index contributed by atoms with van der Waals surface area (Å²) in [6.45, 7) is 2.33. The Balaban J connectivity index is 1.46. The third-order valence-corrected chi connectivity index (χ3v) is 6.71. The van der Waals surface area contributed by atoms with E-state index in [0.29, 0.717) is 29.5 Å². The van der Waals surface area contributed by atoms with E-state index in [1.54, 1.807) is 30.8 Å². The van der Waals surface area contributed by atoms with Crippen molar-refractivity contribution in [2.45, 2.75) is 19.9 Å². The highest BCUT2D eigenvalue weighted by Crippen LogP contribution is 2.31. The summed E-state index contributed by atoms with van der Waals surface area (Å²) in [6.07, 6.45) is 9.84. The molecule has 0 aromatic carbocycles. The quantitative estimate of drug-likeness (QED) is 0.426. The van der Waals surface area contributed by atoms with Gasteiger partial charge in [-0.15, -0.1) is 11.3 Å². The van der Waals surface area contributed by atoms with Crippen molar-refractivity contribution < 1.29 is 0 Å². The molecule has 5 rings (SSSR count). The molecule has 4 aromatic rings. The number of aliphatic imine (C=N–C) groups is 1. The zero-order valence-corrected chi connectivity index (χ0v) is 19.8. The first-order chi connectivity index (χ1) is 15.9. The van der Waals surface area contributed by atoms with Crippen molar-refractivity contribution in [3.8, 4) is 0 Å². The number of halogens is 1. The number of rotatable bonds is 5. The maximum absolute atomic E-state index is 13.2. The Morgan fingerprint density at radius 2 is 2.24 bits per heavy atom. The Labute approximate surface area is 197 Å². The molecular weight excluding hydrogens is 460 g/mol. The summed E-state index contributed by atoms with van der Waals surface area (Å²) in [7, 11) is 3.58. The van der Waals surface area contributed by atoms with Crippen LogP contribution in [0.5, 0.6) is 0 Å². The number of hydrogen-bond acceptors (Lipinski definition) is 6. The lowest BCUT2D eigenvalue weighted by atomic mass is 10.2. The number of H-pyrrole nitrogens is 1. The molecule has 9 nitrogen and oxygen atoms in total. The molecular formula is C22H21ClN8OS. The van der Waals surface area contributed by atoms with E-state index in [1.807, 2.05) is 42.8 Å². The fourth-order valence-electron chi connectivity index (χ4n) is 3.83. The lowest BCUT2D eigenvalue weighted by molar-refractivity contribution is 0.636. The fraction of sp³-hybridized carbons (Fsp3) is 0.227. The normalized spacial score (nSPS) is 17.0. The molecule has 0 amide bonds. The Morgan fingerprint density at radius 1 is 1.39 bits per heavy atom. The van der Waals surface area contributed by atoms with Gasteiger partial charge in [0.05, 0.1) is 17.4 Å². The number of allylic oxidation sites excluding steroid dienone is 3. The van der Waals surface area contributed by atoms with Crippen molar-refractivity contribution >= 4 is 50.0 Å². The molecule has 168 valence electrons. The number of nitrogens with zero attached hydrogens (tertiary/aromatic N) is 6. The van der Waals surface area contributed by atoms with Crippen molar-refractivity contribution in [1.29, 1.82) is 0 Å². The third kappa shape index (κ3) is 3.91. The molecule has 0 radical (unpaired) electrons. The van der Waals surface area contributed by atoms with Crippen LogP contribution in [0.25, 0.3) is 21.3 Å². The predicted molar refractivity (Wildman–Crippen MR) is 132 cm³/mol. The van der Waals surface area contributed by atoms with E-state index in [4.69, 9.17) is 16.6 Å². The lowest BCUT2D eigenvalue weighted by Gasteiger charge is -2.06. The summed E-state index contributed by atoms with van der Waals surface area (Å²) < 4.78 is 4.31. The monoisotopic (exact) mass is 480 g/mol. The van der Waals surface area contributed by atoms with Crippen LogP contribution in [-0.4, -0.2) is 42.4 Å². The number of thiazole rings is 1. The molecule has 5 heterocycles. The van der Waals surface area contributed by atoms with E-state index in [0.717, 1.165) is 37.6 Å². The van der Waals surface area contributed by atoms with Gasteiger partial charge < -0.3 is 9.88 Å². The van der Waals surface area contributed by atoms with Crippen LogP contribution in [0.15, 0.2) is 62.8 Å². The van der Waals surface area contributed by atoms with Gasteiger partial charge in [-0.3, -0.25) is 14.9 Å². The van der Waals surface area contributed by atoms with Crippen LogP contribution in [0.3, 0.4) is 0 Å². The molecule has 0 spiro atoms. The Hall–Kier alpha value is -3.50. The van der Waals surface area contributed by atoms with Crippen molar-refractivity contribution in [3.05, 3.63) is 74.0 Å². The van der Waals surface area contributed by atoms with Crippen LogP contribution in [0.2, 0.25) is 0 Å². The van der Waals surface area contributed by atoms with E-state index in [2.05, 4.69) is 25.6 Å². The van der Waals surface area contributed by atoms with Gasteiger partial charge in [0, 0.05) is 43.4 Å². The first-order valence-electron chi connectivity index (χ1n) is 10.3. The predicted octanol–water partition coefficient (Wildman–Crippen LogP) is 3.24. The largest absolute Gasteiger partial charge is 0.331 e. The number of amidine groups is 1. The Morgan fingerprint density at radius 3 is 3.00 bits per heavy atom. The molecule has 2 N–H and O–H groups in total. The number of hydrogen-bond donors (Lipinski definition) is 2. The molecule has 1 aliphatic heterocycles. The summed E-state index contributed by atoms with van der Waals surface area (Å²) in [5.41, 5.74) is 4.11. The van der Waals surface area contributed by atoms with Gasteiger partial charge in [-0.1, -0.05) is 29.3 Å². The molecule has 1 aliphatic rings. The zero-order valence-electron chi connectivity index (χ0n) is 18.3. The second kappa shape index (κ2) is 8.45. The van der Waals surface area contributed by atoms with Crippen molar-refractivity contribution in [3.63, 3.8) is 0 Å². The zero-order chi connectivity index (χ0) is 23.1. The molecule has 33 heavy (non-hydrogen) atoms. The van der Waals surface area contributed by atoms with Crippen molar-refractivity contribution in [1.82, 2.24) is 34.8 Å². The second-order valence-electron chi connectivity index (χ2n) is 7.77. The minimum atomic E-state index is -0.142. The average Bonchev–Trinajstić information content (AvgIpc) is 3.56. The van der Waals surface area contributed by atoms with Crippen molar-refractivity contribution in [2.24, 2.45) is 12.0 Å². The lowest BCUT2D eigenvalue weighted by Crippen LogP contribution is -2.24. The molecule has 0 atom stereocenters. The number of aromatic amines is 1. The van der Waals surface area contributed by atoms with Crippen LogP contribution in [0, 0.1) is 0 Å². The smallest absolute Gasteiger partial charge is 0.291 e. The molecule has 0 saturated carbocycles. The van der Waals surface area contributed by atoms with E-state index in [9.17, 15) is 4.79 Å². The molecule has 0 aliphatic carbocycles. The molecule has 0 bridgehead atoms. The Kier molecular flexibility index (Phi) is 5.47. The molecule has 0 fully saturated rings. The first-order valence-corrected chi connectivity index (χ1v) is 11.4. The minimum Gasteiger partial charge on any atom is -0.331 e. The first kappa shape index (κ1) is 21.4. The highest BCUT2D eigenvalue weighted by molar-refractivity contribution is 7.19. The van der Waals surface area contributed by atoms with Crippen LogP contribution in [0.1, 0.15) is 17.6 Å². The number of aryl methyl sites for hydroxylation is 1. The van der Waals surface area contributed by atoms with E-state index >= 15 is 0 Å². The fourth-order valence-corrected chi connectivity index (χ4v) is 5.16. The van der Waals surface area contributed by atoms with E-state index in [-0.39, 0.29) is 5.56 Å². The molecule has 11 heteroatoms. The summed E-state index contributed by atoms with van der Waals surface area (Å²) in [6, 6.07) is 1.93. The highest BCUT2D eigenvalue weighted by atomic mass is 35.5. The third-order valence-electron chi connectivity index (χ3n) is 5.43. The maximum atomic E-state index is 13.2. The van der Waals surface area contributed by atoms with Gasteiger partial charge in [0.15, 0.2) is 5.65 Å². The number of fused-ring (bicyclic) bond motifs is 3. The van der Waals surface area contributed by atoms with Gasteiger partial charge in [0.2, 0.25) is 0 Å². The summed E-state index contributed by atoms with van der Waals surface area (Å²) in [5.74, 6) is 0.712. The van der Waals surface area contributed by atoms with Gasteiger partial charge in [-0.2, -0.15) is 10.2 Å². The Bertz CT molecular complexity index is 1550. The SMILES string of the molecule is CN=C1NC(Cl)=C/C1=C/C=C(\C)Cn1ncc2c3sc(Cc4ccn[nH]4)nc3n(C)c2c1=O. The van der Waals surface area contributed by atoms with Gasteiger partial charge in [-0.05, 0) is 19.1 Å². The molecule has 0 unspecified atom stereocenters. The molecule has 4 aromatic heterocycles. The average molecular weight is 481 g/mol. The van der Waals surface area contributed by atoms with Crippen molar-refractivity contribution in [2.75, 3.05) is 7.05 Å². The standard InChI is InChI=1S/C22H21ClN8OS/c1-12(4-5-13-8-16(23)27-20(13)24-2)11-31-22(32)18-15(10-26-31)19-21(30(18)3)28-17(33-19)9-14-6-7-25-29-14/h4-8,10H,9,11H2,1-3H3,(H,24,27)(H,25,29)/b12-4+,13-5-. The van der Waals surface area contributed by atoms with Crippen LogP contribution < -0.4 is 10.9 Å². The topological polar surface area (TPSA) is 106 Å². The van der Waals surface area contributed by atoms with Gasteiger partial charge in [-0.25, -0.2) is 9.67 Å².